The number of benzene rings is 1. The quantitative estimate of drug-likeness (QED) is 0.585. The molecule has 0 unspecified atom stereocenters. The highest BCUT2D eigenvalue weighted by Crippen LogP contribution is 2.11. The van der Waals surface area contributed by atoms with Gasteiger partial charge in [-0.1, -0.05) is 6.07 Å². The SMILES string of the molecule is CCNC(=NCc1ccc(OC(C)C)nc1)NCc1cc(F)ccc1F. The summed E-state index contributed by atoms with van der Waals surface area (Å²) >= 11 is 0. The van der Waals surface area contributed by atoms with E-state index >= 15 is 0 Å². The fourth-order valence-corrected chi connectivity index (χ4v) is 2.19. The van der Waals surface area contributed by atoms with Gasteiger partial charge in [-0.05, 0) is 44.5 Å². The zero-order chi connectivity index (χ0) is 18.9. The summed E-state index contributed by atoms with van der Waals surface area (Å²) in [4.78, 5) is 8.67. The van der Waals surface area contributed by atoms with Crippen LogP contribution in [0.3, 0.4) is 0 Å². The maximum absolute atomic E-state index is 13.7. The van der Waals surface area contributed by atoms with Crippen LogP contribution >= 0.6 is 0 Å². The number of hydrogen-bond donors (Lipinski definition) is 2. The van der Waals surface area contributed by atoms with Gasteiger partial charge in [0.2, 0.25) is 5.88 Å². The monoisotopic (exact) mass is 362 g/mol. The predicted octanol–water partition coefficient (Wildman–Crippen LogP) is 3.40. The number of aromatic nitrogens is 1. The molecule has 1 aromatic heterocycles. The van der Waals surface area contributed by atoms with Gasteiger partial charge in [0.15, 0.2) is 5.96 Å². The molecule has 0 bridgehead atoms. The van der Waals surface area contributed by atoms with Crippen molar-refractivity contribution >= 4 is 5.96 Å². The van der Waals surface area contributed by atoms with Crippen molar-refractivity contribution in [3.63, 3.8) is 0 Å². The van der Waals surface area contributed by atoms with Gasteiger partial charge in [0.1, 0.15) is 11.6 Å². The molecule has 0 spiro atoms. The first-order valence-corrected chi connectivity index (χ1v) is 8.55. The molecule has 140 valence electrons. The Labute approximate surface area is 152 Å². The van der Waals surface area contributed by atoms with Crippen LogP contribution in [0.15, 0.2) is 41.5 Å². The molecule has 1 heterocycles. The van der Waals surface area contributed by atoms with Gasteiger partial charge in [-0.15, -0.1) is 0 Å². The molecule has 0 saturated carbocycles. The van der Waals surface area contributed by atoms with Gasteiger partial charge in [-0.2, -0.15) is 0 Å². The van der Waals surface area contributed by atoms with Gasteiger partial charge >= 0.3 is 0 Å². The lowest BCUT2D eigenvalue weighted by atomic mass is 10.2. The average Bonchev–Trinajstić information content (AvgIpc) is 2.61. The first kappa shape index (κ1) is 19.6. The standard InChI is InChI=1S/C19H24F2N4O/c1-4-22-19(25-12-15-9-16(20)6-7-17(15)21)24-11-14-5-8-18(23-10-14)26-13(2)3/h5-10,13H,4,11-12H2,1-3H3,(H2,22,24,25). The number of ether oxygens (including phenoxy) is 1. The van der Waals surface area contributed by atoms with Gasteiger partial charge in [-0.25, -0.2) is 18.8 Å². The third kappa shape index (κ3) is 6.31. The zero-order valence-electron chi connectivity index (χ0n) is 15.2. The molecule has 0 atom stereocenters. The van der Waals surface area contributed by atoms with E-state index in [1.807, 2.05) is 26.8 Å². The first-order valence-electron chi connectivity index (χ1n) is 8.55. The molecule has 0 amide bonds. The van der Waals surface area contributed by atoms with E-state index in [1.165, 1.54) is 6.07 Å². The molecule has 0 saturated heterocycles. The number of aliphatic imine (C=N–C) groups is 1. The van der Waals surface area contributed by atoms with Crippen LogP contribution in [0.5, 0.6) is 5.88 Å². The Kier molecular flexibility index (Phi) is 7.32. The van der Waals surface area contributed by atoms with Gasteiger partial charge < -0.3 is 15.4 Å². The van der Waals surface area contributed by atoms with E-state index in [9.17, 15) is 8.78 Å². The van der Waals surface area contributed by atoms with Crippen molar-refractivity contribution in [2.75, 3.05) is 6.54 Å². The highest BCUT2D eigenvalue weighted by molar-refractivity contribution is 5.79. The number of pyridine rings is 1. The van der Waals surface area contributed by atoms with E-state index in [1.54, 1.807) is 12.3 Å². The Hall–Kier alpha value is -2.70. The van der Waals surface area contributed by atoms with E-state index in [2.05, 4.69) is 20.6 Å². The van der Waals surface area contributed by atoms with Crippen LogP contribution in [-0.4, -0.2) is 23.6 Å². The largest absolute Gasteiger partial charge is 0.475 e. The fourth-order valence-electron chi connectivity index (χ4n) is 2.19. The Morgan fingerprint density at radius 3 is 2.65 bits per heavy atom. The van der Waals surface area contributed by atoms with E-state index in [0.717, 1.165) is 17.7 Å². The highest BCUT2D eigenvalue weighted by Gasteiger charge is 2.05. The summed E-state index contributed by atoms with van der Waals surface area (Å²) in [5.41, 5.74) is 1.16. The van der Waals surface area contributed by atoms with Gasteiger partial charge in [0.25, 0.3) is 0 Å². The second-order valence-electron chi connectivity index (χ2n) is 5.96. The summed E-state index contributed by atoms with van der Waals surface area (Å²) in [6, 6.07) is 7.07. The second-order valence-corrected chi connectivity index (χ2v) is 5.96. The Balaban J connectivity index is 1.98. The number of guanidine groups is 1. The highest BCUT2D eigenvalue weighted by atomic mass is 19.1. The van der Waals surface area contributed by atoms with E-state index in [-0.39, 0.29) is 18.2 Å². The number of nitrogens with one attached hydrogen (secondary N) is 2. The minimum atomic E-state index is -0.472. The minimum absolute atomic E-state index is 0.0687. The lowest BCUT2D eigenvalue weighted by Crippen LogP contribution is -2.37. The maximum Gasteiger partial charge on any atom is 0.213 e. The predicted molar refractivity (Wildman–Crippen MR) is 98.0 cm³/mol. The lowest BCUT2D eigenvalue weighted by molar-refractivity contribution is 0.232. The molecule has 0 radical (unpaired) electrons. The number of halogens is 2. The van der Waals surface area contributed by atoms with Crippen LogP contribution in [-0.2, 0) is 13.1 Å². The van der Waals surface area contributed by atoms with Crippen LogP contribution in [0.1, 0.15) is 31.9 Å². The molecule has 5 nitrogen and oxygen atoms in total. The van der Waals surface area contributed by atoms with Gasteiger partial charge in [0.05, 0.1) is 12.6 Å². The molecule has 0 aliphatic carbocycles. The molecule has 2 N–H and O–H groups in total. The first-order chi connectivity index (χ1) is 12.5. The Morgan fingerprint density at radius 2 is 2.00 bits per heavy atom. The molecular formula is C19H24F2N4O. The summed E-state index contributed by atoms with van der Waals surface area (Å²) in [5.74, 6) is 0.151. The lowest BCUT2D eigenvalue weighted by Gasteiger charge is -2.12. The van der Waals surface area contributed by atoms with Crippen LogP contribution in [0.25, 0.3) is 0 Å². The van der Waals surface area contributed by atoms with E-state index < -0.39 is 11.6 Å². The van der Waals surface area contributed by atoms with Crippen LogP contribution in [0, 0.1) is 11.6 Å². The summed E-state index contributed by atoms with van der Waals surface area (Å²) < 4.78 is 32.4. The summed E-state index contributed by atoms with van der Waals surface area (Å²) in [7, 11) is 0. The normalized spacial score (nSPS) is 11.5. The summed E-state index contributed by atoms with van der Waals surface area (Å²) in [6.45, 7) is 6.99. The molecule has 0 fully saturated rings. The zero-order valence-corrected chi connectivity index (χ0v) is 15.2. The van der Waals surface area contributed by atoms with E-state index in [0.29, 0.717) is 24.9 Å². The molecule has 0 aliphatic rings. The maximum atomic E-state index is 13.7. The van der Waals surface area contributed by atoms with Crippen LogP contribution in [0.4, 0.5) is 8.78 Å². The van der Waals surface area contributed by atoms with Gasteiger partial charge in [-0.3, -0.25) is 0 Å². The van der Waals surface area contributed by atoms with Crippen molar-refractivity contribution in [1.82, 2.24) is 15.6 Å². The molecule has 0 aliphatic heterocycles. The Bertz CT molecular complexity index is 733. The fraction of sp³-hybridized carbons (Fsp3) is 0.368. The molecule has 2 aromatic rings. The molecule has 1 aromatic carbocycles. The second kappa shape index (κ2) is 9.70. The minimum Gasteiger partial charge on any atom is -0.475 e. The Morgan fingerprint density at radius 1 is 1.19 bits per heavy atom. The molecule has 26 heavy (non-hydrogen) atoms. The summed E-state index contributed by atoms with van der Waals surface area (Å²) in [6.07, 6.45) is 1.77. The van der Waals surface area contributed by atoms with Crippen molar-refractivity contribution in [2.45, 2.75) is 40.0 Å². The number of hydrogen-bond acceptors (Lipinski definition) is 3. The molecule has 2 rings (SSSR count). The third-order valence-corrected chi connectivity index (χ3v) is 3.37. The van der Waals surface area contributed by atoms with Gasteiger partial charge in [0, 0.05) is 30.9 Å². The van der Waals surface area contributed by atoms with Crippen molar-refractivity contribution < 1.29 is 13.5 Å². The topological polar surface area (TPSA) is 58.5 Å². The van der Waals surface area contributed by atoms with Crippen molar-refractivity contribution in [1.29, 1.82) is 0 Å². The van der Waals surface area contributed by atoms with Crippen LogP contribution in [0.2, 0.25) is 0 Å². The summed E-state index contributed by atoms with van der Waals surface area (Å²) in [5, 5.41) is 6.07. The smallest absolute Gasteiger partial charge is 0.213 e. The number of rotatable bonds is 7. The van der Waals surface area contributed by atoms with Crippen molar-refractivity contribution in [3.8, 4) is 5.88 Å². The van der Waals surface area contributed by atoms with E-state index in [4.69, 9.17) is 4.74 Å². The molecule has 7 heteroatoms. The average molecular weight is 362 g/mol. The molecular weight excluding hydrogens is 338 g/mol. The third-order valence-electron chi connectivity index (χ3n) is 3.37. The van der Waals surface area contributed by atoms with Crippen molar-refractivity contribution in [3.05, 3.63) is 59.3 Å². The van der Waals surface area contributed by atoms with Crippen LogP contribution < -0.4 is 15.4 Å². The number of nitrogens with zero attached hydrogens (tertiary/aromatic N) is 2. The van der Waals surface area contributed by atoms with Crippen molar-refractivity contribution in [2.24, 2.45) is 4.99 Å².